The van der Waals surface area contributed by atoms with E-state index >= 15 is 0 Å². The Bertz CT molecular complexity index is 785. The molecule has 0 radical (unpaired) electrons. The van der Waals surface area contributed by atoms with Crippen LogP contribution in [-0.4, -0.2) is 47.0 Å². The molecule has 26 heavy (non-hydrogen) atoms. The summed E-state index contributed by atoms with van der Waals surface area (Å²) >= 11 is 0. The fraction of sp³-hybridized carbons (Fsp3) is 0.409. The van der Waals surface area contributed by atoms with Crippen molar-refractivity contribution in [3.8, 4) is 5.75 Å². The first-order chi connectivity index (χ1) is 12.6. The van der Waals surface area contributed by atoms with Crippen molar-refractivity contribution in [2.45, 2.75) is 26.3 Å². The van der Waals surface area contributed by atoms with E-state index in [-0.39, 0.29) is 17.1 Å². The molecule has 1 N–H and O–H groups in total. The standard InChI is InChI=1S/C22H26N2O2/c1-17-6-5-9-19(25)20(17)21(26)24-13-11-22(16-24)10-12-23(15-22)14-18-7-3-2-4-8-18/h2-9,25H,10-16H2,1H3. The van der Waals surface area contributed by atoms with Crippen LogP contribution >= 0.6 is 0 Å². The lowest BCUT2D eigenvalue weighted by Gasteiger charge is -2.25. The molecule has 2 aromatic carbocycles. The van der Waals surface area contributed by atoms with Crippen molar-refractivity contribution in [1.29, 1.82) is 0 Å². The smallest absolute Gasteiger partial charge is 0.257 e. The molecule has 4 nitrogen and oxygen atoms in total. The van der Waals surface area contributed by atoms with Crippen LogP contribution in [0.3, 0.4) is 0 Å². The van der Waals surface area contributed by atoms with Crippen molar-refractivity contribution in [1.82, 2.24) is 9.80 Å². The zero-order chi connectivity index (χ0) is 18.1. The normalized spacial score (nSPS) is 23.0. The molecule has 0 saturated carbocycles. The SMILES string of the molecule is Cc1cccc(O)c1C(=O)N1CCC2(CCN(Cc3ccccc3)C2)C1. The Balaban J connectivity index is 1.43. The highest BCUT2D eigenvalue weighted by Crippen LogP contribution is 2.41. The number of benzene rings is 2. The van der Waals surface area contributed by atoms with Crippen LogP contribution in [0, 0.1) is 12.3 Å². The average Bonchev–Trinajstić information content (AvgIpc) is 3.22. The van der Waals surface area contributed by atoms with E-state index in [0.717, 1.165) is 51.1 Å². The fourth-order valence-electron chi connectivity index (χ4n) is 4.53. The number of phenols is 1. The van der Waals surface area contributed by atoms with Gasteiger partial charge in [-0.1, -0.05) is 42.5 Å². The van der Waals surface area contributed by atoms with Crippen LogP contribution in [0.4, 0.5) is 0 Å². The van der Waals surface area contributed by atoms with Crippen LogP contribution in [-0.2, 0) is 6.54 Å². The van der Waals surface area contributed by atoms with Crippen LogP contribution in [0.5, 0.6) is 5.75 Å². The van der Waals surface area contributed by atoms with Crippen molar-refractivity contribution in [3.05, 3.63) is 65.2 Å². The Morgan fingerprint density at radius 1 is 1.04 bits per heavy atom. The molecule has 2 heterocycles. The zero-order valence-electron chi connectivity index (χ0n) is 15.3. The fourth-order valence-corrected chi connectivity index (χ4v) is 4.53. The van der Waals surface area contributed by atoms with Gasteiger partial charge in [0.15, 0.2) is 0 Å². The maximum atomic E-state index is 13.0. The summed E-state index contributed by atoms with van der Waals surface area (Å²) in [6, 6.07) is 15.9. The van der Waals surface area contributed by atoms with Crippen molar-refractivity contribution >= 4 is 5.91 Å². The number of amides is 1. The Morgan fingerprint density at radius 2 is 1.81 bits per heavy atom. The predicted molar refractivity (Wildman–Crippen MR) is 102 cm³/mol. The predicted octanol–water partition coefficient (Wildman–Crippen LogP) is 3.44. The molecule has 0 bridgehead atoms. The molecule has 1 unspecified atom stereocenters. The highest BCUT2D eigenvalue weighted by atomic mass is 16.3. The topological polar surface area (TPSA) is 43.8 Å². The molecule has 2 aliphatic heterocycles. The average molecular weight is 350 g/mol. The molecule has 2 fully saturated rings. The van der Waals surface area contributed by atoms with Gasteiger partial charge in [-0.25, -0.2) is 0 Å². The largest absolute Gasteiger partial charge is 0.507 e. The molecule has 4 heteroatoms. The molecule has 2 aliphatic rings. The molecular formula is C22H26N2O2. The third-order valence-electron chi connectivity index (χ3n) is 5.96. The van der Waals surface area contributed by atoms with E-state index in [1.165, 1.54) is 5.56 Å². The van der Waals surface area contributed by atoms with E-state index in [1.807, 2.05) is 17.9 Å². The molecule has 0 aromatic heterocycles. The lowest BCUT2D eigenvalue weighted by Crippen LogP contribution is -2.34. The second-order valence-corrected chi connectivity index (χ2v) is 7.89. The van der Waals surface area contributed by atoms with E-state index in [0.29, 0.717) is 5.56 Å². The number of aryl methyl sites for hydroxylation is 1. The minimum Gasteiger partial charge on any atom is -0.507 e. The first-order valence-electron chi connectivity index (χ1n) is 9.40. The molecular weight excluding hydrogens is 324 g/mol. The van der Waals surface area contributed by atoms with Crippen molar-refractivity contribution in [3.63, 3.8) is 0 Å². The van der Waals surface area contributed by atoms with Crippen molar-refractivity contribution < 1.29 is 9.90 Å². The minimum atomic E-state index is -0.0287. The molecule has 2 aromatic rings. The van der Waals surface area contributed by atoms with Gasteiger partial charge in [0.05, 0.1) is 5.56 Å². The second kappa shape index (κ2) is 6.76. The number of likely N-dealkylation sites (tertiary alicyclic amines) is 2. The Kier molecular flexibility index (Phi) is 4.45. The Morgan fingerprint density at radius 3 is 2.58 bits per heavy atom. The van der Waals surface area contributed by atoms with Gasteiger partial charge in [0.25, 0.3) is 5.91 Å². The quantitative estimate of drug-likeness (QED) is 0.922. The number of carbonyl (C=O) groups is 1. The van der Waals surface area contributed by atoms with Gasteiger partial charge in [-0.15, -0.1) is 0 Å². The van der Waals surface area contributed by atoms with Crippen LogP contribution in [0.2, 0.25) is 0 Å². The van der Waals surface area contributed by atoms with E-state index < -0.39 is 0 Å². The molecule has 1 amide bonds. The number of nitrogens with zero attached hydrogens (tertiary/aromatic N) is 2. The summed E-state index contributed by atoms with van der Waals surface area (Å²) in [5.41, 5.74) is 2.86. The van der Waals surface area contributed by atoms with Gasteiger partial charge in [-0.05, 0) is 43.5 Å². The summed E-state index contributed by atoms with van der Waals surface area (Å²) in [6.07, 6.45) is 2.19. The van der Waals surface area contributed by atoms with E-state index in [9.17, 15) is 9.90 Å². The summed E-state index contributed by atoms with van der Waals surface area (Å²) < 4.78 is 0. The number of hydrogen-bond donors (Lipinski definition) is 1. The molecule has 4 rings (SSSR count). The van der Waals surface area contributed by atoms with E-state index in [4.69, 9.17) is 0 Å². The highest BCUT2D eigenvalue weighted by molar-refractivity contribution is 5.98. The lowest BCUT2D eigenvalue weighted by atomic mass is 9.86. The highest BCUT2D eigenvalue weighted by Gasteiger charge is 2.45. The van der Waals surface area contributed by atoms with Gasteiger partial charge >= 0.3 is 0 Å². The summed E-state index contributed by atoms with van der Waals surface area (Å²) in [5, 5.41) is 10.1. The van der Waals surface area contributed by atoms with Gasteiger partial charge in [0.2, 0.25) is 0 Å². The first-order valence-corrected chi connectivity index (χ1v) is 9.40. The number of aromatic hydroxyl groups is 1. The van der Waals surface area contributed by atoms with Gasteiger partial charge in [0, 0.05) is 31.6 Å². The number of phenolic OH excluding ortho intramolecular Hbond substituents is 1. The van der Waals surface area contributed by atoms with E-state index in [2.05, 4.69) is 35.2 Å². The van der Waals surface area contributed by atoms with Crippen molar-refractivity contribution in [2.75, 3.05) is 26.2 Å². The molecule has 2 saturated heterocycles. The van der Waals surface area contributed by atoms with Gasteiger partial charge < -0.3 is 10.0 Å². The summed E-state index contributed by atoms with van der Waals surface area (Å²) in [7, 11) is 0. The van der Waals surface area contributed by atoms with Crippen LogP contribution in [0.25, 0.3) is 0 Å². The van der Waals surface area contributed by atoms with Gasteiger partial charge in [-0.3, -0.25) is 9.69 Å². The zero-order valence-corrected chi connectivity index (χ0v) is 15.3. The second-order valence-electron chi connectivity index (χ2n) is 7.89. The minimum absolute atomic E-state index is 0.0287. The maximum Gasteiger partial charge on any atom is 0.257 e. The van der Waals surface area contributed by atoms with Crippen LogP contribution < -0.4 is 0 Å². The molecule has 136 valence electrons. The summed E-state index contributed by atoms with van der Waals surface area (Å²) in [5.74, 6) is 0.0621. The number of hydrogen-bond acceptors (Lipinski definition) is 3. The maximum absolute atomic E-state index is 13.0. The number of rotatable bonds is 3. The summed E-state index contributed by atoms with van der Waals surface area (Å²) in [4.78, 5) is 17.4. The third kappa shape index (κ3) is 3.21. The van der Waals surface area contributed by atoms with Crippen molar-refractivity contribution in [2.24, 2.45) is 5.41 Å². The number of carbonyl (C=O) groups excluding carboxylic acids is 1. The third-order valence-corrected chi connectivity index (χ3v) is 5.96. The molecule has 1 atom stereocenters. The van der Waals surface area contributed by atoms with Gasteiger partial charge in [-0.2, -0.15) is 0 Å². The lowest BCUT2D eigenvalue weighted by molar-refractivity contribution is 0.0769. The Labute approximate surface area is 155 Å². The first kappa shape index (κ1) is 17.1. The van der Waals surface area contributed by atoms with Crippen LogP contribution in [0.15, 0.2) is 48.5 Å². The van der Waals surface area contributed by atoms with Gasteiger partial charge in [0.1, 0.15) is 5.75 Å². The van der Waals surface area contributed by atoms with E-state index in [1.54, 1.807) is 12.1 Å². The molecule has 1 spiro atoms. The summed E-state index contributed by atoms with van der Waals surface area (Å²) in [6.45, 7) is 6.58. The van der Waals surface area contributed by atoms with Crippen LogP contribution in [0.1, 0.15) is 34.3 Å². The Hall–Kier alpha value is -2.33. The monoisotopic (exact) mass is 350 g/mol. The molecule has 0 aliphatic carbocycles.